The Labute approximate surface area is 107 Å². The minimum absolute atomic E-state index is 0.180. The molecule has 5 heteroatoms. The maximum absolute atomic E-state index is 5.91. The molecule has 0 saturated heterocycles. The van der Waals surface area contributed by atoms with E-state index in [1.54, 1.807) is 6.07 Å². The van der Waals surface area contributed by atoms with E-state index in [1.165, 1.54) is 0 Å². The van der Waals surface area contributed by atoms with Crippen LogP contribution in [0, 0.1) is 11.3 Å². The van der Waals surface area contributed by atoms with Crippen LogP contribution in [0.4, 0.5) is 5.69 Å². The number of nitrogens with one attached hydrogen (secondary N) is 1. The third-order valence-electron chi connectivity index (χ3n) is 3.02. The van der Waals surface area contributed by atoms with Gasteiger partial charge in [-0.15, -0.1) is 10.2 Å². The SMILES string of the molecule is CC(C)C(C)(C)CNc1cc(Cl)nnc1Cl. The van der Waals surface area contributed by atoms with E-state index in [-0.39, 0.29) is 5.41 Å². The highest BCUT2D eigenvalue weighted by Gasteiger charge is 2.22. The van der Waals surface area contributed by atoms with E-state index in [0.29, 0.717) is 16.2 Å². The van der Waals surface area contributed by atoms with Gasteiger partial charge in [0.1, 0.15) is 0 Å². The number of anilines is 1. The van der Waals surface area contributed by atoms with Crippen molar-refractivity contribution < 1.29 is 0 Å². The summed E-state index contributed by atoms with van der Waals surface area (Å²) in [7, 11) is 0. The van der Waals surface area contributed by atoms with Gasteiger partial charge in [-0.3, -0.25) is 0 Å². The van der Waals surface area contributed by atoms with Gasteiger partial charge in [0.2, 0.25) is 0 Å². The predicted octanol–water partition coefficient (Wildman–Crippen LogP) is 3.88. The molecule has 1 aromatic rings. The zero-order chi connectivity index (χ0) is 12.3. The molecule has 3 nitrogen and oxygen atoms in total. The first-order valence-corrected chi connectivity index (χ1v) is 6.01. The van der Waals surface area contributed by atoms with Gasteiger partial charge in [0, 0.05) is 12.6 Å². The molecule has 0 spiro atoms. The summed E-state index contributed by atoms with van der Waals surface area (Å²) in [5.74, 6) is 0.573. The quantitative estimate of drug-likeness (QED) is 0.894. The average Bonchev–Trinajstić information content (AvgIpc) is 2.19. The standard InChI is InChI=1S/C11H17Cl2N3/c1-7(2)11(3,4)6-14-8-5-9(12)15-16-10(8)13/h5,7H,6H2,1-4H3,(H,14,15). The topological polar surface area (TPSA) is 37.8 Å². The lowest BCUT2D eigenvalue weighted by atomic mass is 9.81. The molecule has 0 saturated carbocycles. The summed E-state index contributed by atoms with van der Waals surface area (Å²) in [6.45, 7) is 9.61. The Kier molecular flexibility index (Phi) is 4.39. The van der Waals surface area contributed by atoms with Crippen molar-refractivity contribution in [2.75, 3.05) is 11.9 Å². The third kappa shape index (κ3) is 3.49. The van der Waals surface area contributed by atoms with Crippen LogP contribution in [0.3, 0.4) is 0 Å². The van der Waals surface area contributed by atoms with Gasteiger partial charge in [-0.1, -0.05) is 50.9 Å². The zero-order valence-corrected chi connectivity index (χ0v) is 11.5. The summed E-state index contributed by atoms with van der Waals surface area (Å²) in [5, 5.41) is 11.4. The van der Waals surface area contributed by atoms with Crippen LogP contribution in [0.2, 0.25) is 10.3 Å². The number of aromatic nitrogens is 2. The zero-order valence-electron chi connectivity index (χ0n) is 10.0. The van der Waals surface area contributed by atoms with E-state index in [9.17, 15) is 0 Å². The lowest BCUT2D eigenvalue weighted by Crippen LogP contribution is -2.28. The van der Waals surface area contributed by atoms with Crippen molar-refractivity contribution in [2.45, 2.75) is 27.7 Å². The molecule has 16 heavy (non-hydrogen) atoms. The summed E-state index contributed by atoms with van der Waals surface area (Å²) >= 11 is 11.7. The molecule has 0 aromatic carbocycles. The third-order valence-corrected chi connectivity index (χ3v) is 3.48. The van der Waals surface area contributed by atoms with E-state index in [4.69, 9.17) is 23.2 Å². The highest BCUT2D eigenvalue weighted by molar-refractivity contribution is 6.33. The second kappa shape index (κ2) is 5.19. The van der Waals surface area contributed by atoms with Gasteiger partial charge in [0.25, 0.3) is 0 Å². The Hall–Kier alpha value is -0.540. The summed E-state index contributed by atoms with van der Waals surface area (Å²) in [6.07, 6.45) is 0. The molecule has 0 bridgehead atoms. The maximum atomic E-state index is 5.91. The lowest BCUT2D eigenvalue weighted by molar-refractivity contribution is 0.269. The van der Waals surface area contributed by atoms with Crippen molar-refractivity contribution in [3.8, 4) is 0 Å². The van der Waals surface area contributed by atoms with Crippen molar-refractivity contribution in [1.82, 2.24) is 10.2 Å². The van der Waals surface area contributed by atoms with Crippen LogP contribution in [0.15, 0.2) is 6.07 Å². The largest absolute Gasteiger partial charge is 0.382 e. The molecule has 0 aliphatic heterocycles. The molecule has 90 valence electrons. The minimum Gasteiger partial charge on any atom is -0.382 e. The Balaban J connectivity index is 2.71. The normalized spacial score (nSPS) is 11.9. The molecule has 1 heterocycles. The van der Waals surface area contributed by atoms with E-state index >= 15 is 0 Å². The summed E-state index contributed by atoms with van der Waals surface area (Å²) in [6, 6.07) is 1.69. The second-order valence-electron chi connectivity index (χ2n) is 4.87. The fourth-order valence-corrected chi connectivity index (χ4v) is 1.31. The molecule has 1 N–H and O–H groups in total. The number of rotatable bonds is 4. The van der Waals surface area contributed by atoms with Crippen molar-refractivity contribution in [3.05, 3.63) is 16.4 Å². The molecular weight excluding hydrogens is 245 g/mol. The van der Waals surface area contributed by atoms with Crippen LogP contribution in [0.5, 0.6) is 0 Å². The molecule has 0 aliphatic rings. The van der Waals surface area contributed by atoms with Gasteiger partial charge in [-0.05, 0) is 11.3 Å². The number of halogens is 2. The first-order chi connectivity index (χ1) is 7.33. The van der Waals surface area contributed by atoms with Crippen molar-refractivity contribution >= 4 is 28.9 Å². The molecule has 0 radical (unpaired) electrons. The highest BCUT2D eigenvalue weighted by atomic mass is 35.5. The van der Waals surface area contributed by atoms with Gasteiger partial charge in [0.15, 0.2) is 10.3 Å². The predicted molar refractivity (Wildman–Crippen MR) is 69.2 cm³/mol. The van der Waals surface area contributed by atoms with Gasteiger partial charge in [0.05, 0.1) is 5.69 Å². The first-order valence-electron chi connectivity index (χ1n) is 5.25. The fourth-order valence-electron chi connectivity index (χ4n) is 1.00. The average molecular weight is 262 g/mol. The molecule has 1 aromatic heterocycles. The van der Waals surface area contributed by atoms with Crippen molar-refractivity contribution in [2.24, 2.45) is 11.3 Å². The molecule has 1 rings (SSSR count). The Bertz CT molecular complexity index is 364. The van der Waals surface area contributed by atoms with Crippen LogP contribution in [-0.4, -0.2) is 16.7 Å². The molecular formula is C11H17Cl2N3. The maximum Gasteiger partial charge on any atom is 0.174 e. The Morgan fingerprint density at radius 3 is 2.50 bits per heavy atom. The number of nitrogens with zero attached hydrogens (tertiary/aromatic N) is 2. The first kappa shape index (κ1) is 13.5. The van der Waals surface area contributed by atoms with Crippen LogP contribution in [0.1, 0.15) is 27.7 Å². The lowest BCUT2D eigenvalue weighted by Gasteiger charge is -2.29. The smallest absolute Gasteiger partial charge is 0.174 e. The van der Waals surface area contributed by atoms with Gasteiger partial charge in [-0.2, -0.15) is 0 Å². The van der Waals surface area contributed by atoms with Crippen LogP contribution in [-0.2, 0) is 0 Å². The molecule has 0 atom stereocenters. The van der Waals surface area contributed by atoms with E-state index in [1.807, 2.05) is 0 Å². The summed E-state index contributed by atoms with van der Waals surface area (Å²) in [4.78, 5) is 0. The van der Waals surface area contributed by atoms with Crippen molar-refractivity contribution in [3.63, 3.8) is 0 Å². The van der Waals surface area contributed by atoms with E-state index in [2.05, 4.69) is 43.2 Å². The minimum atomic E-state index is 0.180. The molecule has 0 amide bonds. The van der Waals surface area contributed by atoms with Crippen LogP contribution >= 0.6 is 23.2 Å². The van der Waals surface area contributed by atoms with E-state index in [0.717, 1.165) is 12.2 Å². The van der Waals surface area contributed by atoms with Crippen molar-refractivity contribution in [1.29, 1.82) is 0 Å². The molecule has 0 unspecified atom stereocenters. The van der Waals surface area contributed by atoms with Crippen LogP contribution in [0.25, 0.3) is 0 Å². The van der Waals surface area contributed by atoms with Gasteiger partial charge in [-0.25, -0.2) is 0 Å². The molecule has 0 fully saturated rings. The highest BCUT2D eigenvalue weighted by Crippen LogP contribution is 2.28. The van der Waals surface area contributed by atoms with Gasteiger partial charge < -0.3 is 5.32 Å². The summed E-state index contributed by atoms with van der Waals surface area (Å²) < 4.78 is 0. The monoisotopic (exact) mass is 261 g/mol. The Morgan fingerprint density at radius 2 is 1.94 bits per heavy atom. The Morgan fingerprint density at radius 1 is 1.31 bits per heavy atom. The second-order valence-corrected chi connectivity index (χ2v) is 5.61. The fraction of sp³-hybridized carbons (Fsp3) is 0.636. The molecule has 0 aliphatic carbocycles. The summed E-state index contributed by atoms with van der Waals surface area (Å²) in [5.41, 5.74) is 0.911. The van der Waals surface area contributed by atoms with E-state index < -0.39 is 0 Å². The number of hydrogen-bond donors (Lipinski definition) is 1. The number of hydrogen-bond acceptors (Lipinski definition) is 3. The van der Waals surface area contributed by atoms with Gasteiger partial charge >= 0.3 is 0 Å². The van der Waals surface area contributed by atoms with Crippen LogP contribution < -0.4 is 5.32 Å².